The number of aliphatic hydroxyl groups is 5. The monoisotopic (exact) mass is 1290 g/mol. The third-order valence-electron chi connectivity index (χ3n) is 17.9. The number of unbranched alkanes of at least 4 members (excludes halogenated alkanes) is 42. The Hall–Kier alpha value is -3.16. The highest BCUT2D eigenvalue weighted by Gasteiger charge is 2.44. The molecule has 0 radical (unpaired) electrons. The zero-order valence-electron chi connectivity index (χ0n) is 59.5. The number of carbonyl (C=O) groups excluding carboxylic acids is 2. The van der Waals surface area contributed by atoms with Gasteiger partial charge < -0.3 is 45.1 Å². The van der Waals surface area contributed by atoms with Crippen LogP contribution in [0, 0.1) is 0 Å². The molecular weight excluding hydrogens is 1150 g/mol. The molecule has 1 saturated heterocycles. The molecule has 7 atom stereocenters. The molecule has 0 saturated carbocycles. The number of esters is 1. The van der Waals surface area contributed by atoms with Crippen molar-refractivity contribution in [3.63, 3.8) is 0 Å². The second kappa shape index (κ2) is 69.2. The molecule has 0 aromatic carbocycles. The maximum absolute atomic E-state index is 13.1. The minimum absolute atomic E-state index is 0.00152. The van der Waals surface area contributed by atoms with Gasteiger partial charge in [0.2, 0.25) is 5.91 Å². The van der Waals surface area contributed by atoms with Gasteiger partial charge in [-0.2, -0.15) is 0 Å². The van der Waals surface area contributed by atoms with Crippen molar-refractivity contribution in [1.29, 1.82) is 0 Å². The molecule has 7 unspecified atom stereocenters. The molecule has 11 nitrogen and oxygen atoms in total. The Kier molecular flexibility index (Phi) is 65.3. The first kappa shape index (κ1) is 86.9. The minimum atomic E-state index is -1.58. The van der Waals surface area contributed by atoms with Crippen LogP contribution >= 0.6 is 0 Å². The Labute approximate surface area is 565 Å². The van der Waals surface area contributed by atoms with E-state index in [1.54, 1.807) is 6.08 Å². The van der Waals surface area contributed by atoms with Crippen LogP contribution in [0.15, 0.2) is 85.1 Å². The van der Waals surface area contributed by atoms with Crippen molar-refractivity contribution >= 4 is 11.9 Å². The Morgan fingerprint density at radius 1 is 0.402 bits per heavy atom. The molecule has 6 N–H and O–H groups in total. The Morgan fingerprint density at radius 2 is 0.761 bits per heavy atom. The van der Waals surface area contributed by atoms with Gasteiger partial charge in [0.1, 0.15) is 24.4 Å². The molecule has 0 bridgehead atoms. The molecule has 534 valence electrons. The average molecular weight is 1290 g/mol. The second-order valence-corrected chi connectivity index (χ2v) is 26.7. The molecule has 1 aliphatic rings. The van der Waals surface area contributed by atoms with Crippen molar-refractivity contribution < 1.29 is 49.3 Å². The number of amides is 1. The van der Waals surface area contributed by atoms with Crippen molar-refractivity contribution in [3.8, 4) is 0 Å². The fraction of sp³-hybridized carbons (Fsp3) is 0.802. The van der Waals surface area contributed by atoms with Gasteiger partial charge in [0.25, 0.3) is 0 Å². The van der Waals surface area contributed by atoms with E-state index in [-0.39, 0.29) is 18.5 Å². The summed E-state index contributed by atoms with van der Waals surface area (Å²) >= 11 is 0. The summed E-state index contributed by atoms with van der Waals surface area (Å²) in [7, 11) is 0. The molecule has 1 fully saturated rings. The van der Waals surface area contributed by atoms with Crippen molar-refractivity contribution in [2.75, 3.05) is 19.8 Å². The summed E-state index contributed by atoms with van der Waals surface area (Å²) in [5.74, 6) is -0.196. The predicted octanol–water partition coefficient (Wildman–Crippen LogP) is 20.8. The van der Waals surface area contributed by atoms with Crippen LogP contribution < -0.4 is 5.32 Å². The highest BCUT2D eigenvalue weighted by Crippen LogP contribution is 2.23. The van der Waals surface area contributed by atoms with Crippen molar-refractivity contribution in [1.82, 2.24) is 5.32 Å². The number of nitrogens with one attached hydrogen (secondary N) is 1. The van der Waals surface area contributed by atoms with Gasteiger partial charge in [0.05, 0.1) is 32.0 Å². The highest BCUT2D eigenvalue weighted by atomic mass is 16.7. The van der Waals surface area contributed by atoms with Crippen LogP contribution in [0.2, 0.25) is 0 Å². The van der Waals surface area contributed by atoms with Crippen LogP contribution in [0.3, 0.4) is 0 Å². The summed E-state index contributed by atoms with van der Waals surface area (Å²) in [6.45, 7) is 4.23. The van der Waals surface area contributed by atoms with Gasteiger partial charge in [-0.05, 0) is 109 Å². The van der Waals surface area contributed by atoms with E-state index in [1.165, 1.54) is 244 Å². The number of ether oxygens (including phenoxy) is 3. The molecular formula is C81H145NO10. The molecule has 1 amide bonds. The Morgan fingerprint density at radius 3 is 1.18 bits per heavy atom. The average Bonchev–Trinajstić information content (AvgIpc) is 0.973. The molecule has 1 heterocycles. The number of hydrogen-bond acceptors (Lipinski definition) is 10. The molecule has 0 aromatic heterocycles. The summed E-state index contributed by atoms with van der Waals surface area (Å²) in [5.41, 5.74) is 0. The Bertz CT molecular complexity index is 1810. The lowest BCUT2D eigenvalue weighted by atomic mass is 9.99. The summed E-state index contributed by atoms with van der Waals surface area (Å²) in [6.07, 6.45) is 86.2. The van der Waals surface area contributed by atoms with Crippen molar-refractivity contribution in [3.05, 3.63) is 85.1 Å². The van der Waals surface area contributed by atoms with Gasteiger partial charge >= 0.3 is 5.97 Å². The van der Waals surface area contributed by atoms with Crippen LogP contribution in [0.25, 0.3) is 0 Å². The van der Waals surface area contributed by atoms with Crippen LogP contribution in [-0.4, -0.2) is 100 Å². The largest absolute Gasteiger partial charge is 0.466 e. The third kappa shape index (κ3) is 57.1. The topological polar surface area (TPSA) is 175 Å². The standard InChI is InChI=1S/C81H145NO10/c1-3-5-7-9-11-13-15-44-49-53-57-61-65-69-77(86)90-70-66-62-58-54-50-46-43-41-39-37-35-33-31-29-27-25-23-21-19-17-18-20-22-24-26-28-30-32-34-36-38-40-42-45-48-52-56-60-64-68-76(85)82-73(72-91-81-80(89)79(88)78(87)75(71-83)92-81)74(84)67-63-59-55-51-47-16-14-12-10-8-6-4-2/h7,9-10,12-13,15,17-18,21,23,47,51,63,67,73-75,78-81,83-84,87-89H,3-6,8,11,14,16,19-20,22,24-46,48-50,52-62,64-66,68-72H2,1-2H3,(H,82,85)/b9-7-,12-10+,15-13-,18-17-,23-21-,51-47+,67-63+. The van der Waals surface area contributed by atoms with Gasteiger partial charge in [-0.1, -0.05) is 317 Å². The van der Waals surface area contributed by atoms with Crippen molar-refractivity contribution in [2.24, 2.45) is 0 Å². The number of hydrogen-bond donors (Lipinski definition) is 6. The van der Waals surface area contributed by atoms with E-state index in [2.05, 4.69) is 92.1 Å². The zero-order chi connectivity index (χ0) is 66.5. The SMILES string of the molecule is CCC/C=C\C/C=C\CCCCCCCC(=O)OCCCCCCCCCCCCCCCCC/C=C\C/C=C\CCCCCCCCCCCCCCCCCCCC(=O)NC(COC1OC(CO)C(O)C(O)C1O)C(O)/C=C/CC/C=C/CC/C=C/CCCC. The van der Waals surface area contributed by atoms with E-state index >= 15 is 0 Å². The first-order chi connectivity index (χ1) is 45.2. The smallest absolute Gasteiger partial charge is 0.305 e. The van der Waals surface area contributed by atoms with E-state index < -0.39 is 49.5 Å². The van der Waals surface area contributed by atoms with Crippen LogP contribution in [0.5, 0.6) is 0 Å². The lowest BCUT2D eigenvalue weighted by Crippen LogP contribution is -2.60. The van der Waals surface area contributed by atoms with E-state index in [9.17, 15) is 35.1 Å². The molecule has 0 aromatic rings. The van der Waals surface area contributed by atoms with Crippen LogP contribution in [0.4, 0.5) is 0 Å². The highest BCUT2D eigenvalue weighted by molar-refractivity contribution is 5.76. The molecule has 1 aliphatic heterocycles. The maximum Gasteiger partial charge on any atom is 0.305 e. The molecule has 0 spiro atoms. The molecule has 0 aliphatic carbocycles. The van der Waals surface area contributed by atoms with Crippen molar-refractivity contribution in [2.45, 2.75) is 397 Å². The van der Waals surface area contributed by atoms with Crippen LogP contribution in [0.1, 0.15) is 354 Å². The fourth-order valence-electron chi connectivity index (χ4n) is 11.8. The normalized spacial score (nSPS) is 18.0. The summed E-state index contributed by atoms with van der Waals surface area (Å²) in [5, 5.41) is 54.4. The van der Waals surface area contributed by atoms with Gasteiger partial charge in [-0.15, -0.1) is 0 Å². The Balaban J connectivity index is 1.91. The van der Waals surface area contributed by atoms with E-state index in [1.807, 2.05) is 6.08 Å². The van der Waals surface area contributed by atoms with E-state index in [4.69, 9.17) is 14.2 Å². The molecule has 1 rings (SSSR count). The quantitative estimate of drug-likeness (QED) is 0.0195. The van der Waals surface area contributed by atoms with Gasteiger partial charge in [-0.3, -0.25) is 9.59 Å². The van der Waals surface area contributed by atoms with E-state index in [0.717, 1.165) is 83.5 Å². The lowest BCUT2D eigenvalue weighted by molar-refractivity contribution is -0.302. The van der Waals surface area contributed by atoms with Gasteiger partial charge in [0.15, 0.2) is 6.29 Å². The second-order valence-electron chi connectivity index (χ2n) is 26.7. The summed E-state index contributed by atoms with van der Waals surface area (Å²) in [6, 6.07) is -0.834. The molecule has 92 heavy (non-hydrogen) atoms. The minimum Gasteiger partial charge on any atom is -0.466 e. The zero-order valence-corrected chi connectivity index (χ0v) is 59.5. The lowest BCUT2D eigenvalue weighted by Gasteiger charge is -2.40. The molecule has 11 heteroatoms. The van der Waals surface area contributed by atoms with Gasteiger partial charge in [0, 0.05) is 12.8 Å². The fourth-order valence-corrected chi connectivity index (χ4v) is 11.8. The summed E-state index contributed by atoms with van der Waals surface area (Å²) < 4.78 is 16.7. The first-order valence-electron chi connectivity index (χ1n) is 38.9. The first-order valence-corrected chi connectivity index (χ1v) is 38.9. The van der Waals surface area contributed by atoms with Crippen LogP contribution in [-0.2, 0) is 23.8 Å². The number of allylic oxidation sites excluding steroid dienone is 13. The number of carbonyl (C=O) groups is 2. The number of aliphatic hydroxyl groups excluding tert-OH is 5. The summed E-state index contributed by atoms with van der Waals surface area (Å²) in [4.78, 5) is 25.1. The van der Waals surface area contributed by atoms with E-state index in [0.29, 0.717) is 19.4 Å². The number of rotatable bonds is 68. The van der Waals surface area contributed by atoms with Gasteiger partial charge in [-0.25, -0.2) is 0 Å². The third-order valence-corrected chi connectivity index (χ3v) is 17.9. The maximum atomic E-state index is 13.1. The predicted molar refractivity (Wildman–Crippen MR) is 389 cm³/mol.